The van der Waals surface area contributed by atoms with E-state index in [4.69, 9.17) is 153 Å². The third-order valence-corrected chi connectivity index (χ3v) is 18.1. The van der Waals surface area contributed by atoms with Gasteiger partial charge in [-0.05, 0) is 25.7 Å². The van der Waals surface area contributed by atoms with E-state index < -0.39 is 60.0 Å². The number of Topliss-reactive ketones (excluding diaryl/α,β-unsaturated/α-hetero) is 3. The van der Waals surface area contributed by atoms with E-state index in [0.717, 1.165) is 13.3 Å². The minimum atomic E-state index is -1.21. The van der Waals surface area contributed by atoms with Gasteiger partial charge in [0.2, 0.25) is 11.4 Å². The molecule has 1 aliphatic rings. The molecule has 1 fully saturated rings. The first-order valence-electron chi connectivity index (χ1n) is 45.0. The Bertz CT molecular complexity index is 2590. The molecule has 1 rings (SSSR count). The summed E-state index contributed by atoms with van der Waals surface area (Å²) in [5.41, 5.74) is -0.477. The van der Waals surface area contributed by atoms with Gasteiger partial charge in [-0.2, -0.15) is 0 Å². The molecule has 0 aromatic carbocycles. The zero-order chi connectivity index (χ0) is 92.3. The molecule has 1 heterocycles. The van der Waals surface area contributed by atoms with Gasteiger partial charge >= 0.3 is 17.9 Å². The molecule has 6 atom stereocenters. The molecule has 1 amide bonds. The first-order chi connectivity index (χ1) is 62.0. The highest BCUT2D eigenvalue weighted by molar-refractivity contribution is 5.80. The Hall–Kier alpha value is -4.74. The third kappa shape index (κ3) is 81.7. The number of hydrogen-bond acceptors (Lipinski definition) is 38. The Labute approximate surface area is 753 Å². The molecule has 0 aliphatic carbocycles. The number of nitrogens with zero attached hydrogens (tertiary/aromatic N) is 1. The highest BCUT2D eigenvalue weighted by Crippen LogP contribution is 2.29. The largest absolute Gasteiger partial charge is 0.463 e. The van der Waals surface area contributed by atoms with E-state index in [0.29, 0.717) is 375 Å². The van der Waals surface area contributed by atoms with E-state index in [-0.39, 0.29) is 69.5 Å². The van der Waals surface area contributed by atoms with E-state index in [1.54, 1.807) is 0 Å². The van der Waals surface area contributed by atoms with Gasteiger partial charge in [0.15, 0.2) is 30.1 Å². The highest BCUT2D eigenvalue weighted by atomic mass is 16.7. The maximum atomic E-state index is 12.4. The third-order valence-electron chi connectivity index (χ3n) is 18.1. The second-order valence-corrected chi connectivity index (χ2v) is 29.0. The average molecular weight is 1840 g/mol. The summed E-state index contributed by atoms with van der Waals surface area (Å²) in [6.45, 7) is 40.1. The summed E-state index contributed by atoms with van der Waals surface area (Å²) >= 11 is 0. The molecular formula is C87H158N2O38. The van der Waals surface area contributed by atoms with Gasteiger partial charge in [-0.25, -0.2) is 6.57 Å². The lowest BCUT2D eigenvalue weighted by Gasteiger charge is -2.44. The first kappa shape index (κ1) is 120. The van der Waals surface area contributed by atoms with Crippen LogP contribution in [0, 0.1) is 12.5 Å². The van der Waals surface area contributed by atoms with E-state index in [1.165, 1.54) is 20.8 Å². The van der Waals surface area contributed by atoms with Crippen LogP contribution in [0.3, 0.4) is 0 Å². The van der Waals surface area contributed by atoms with Crippen molar-refractivity contribution in [2.75, 3.05) is 357 Å². The number of ketones is 3. The Balaban J connectivity index is 1.70. The lowest BCUT2D eigenvalue weighted by molar-refractivity contribution is -0.277. The van der Waals surface area contributed by atoms with Crippen molar-refractivity contribution in [3.05, 3.63) is 11.4 Å². The highest BCUT2D eigenvalue weighted by Gasteiger charge is 2.51. The summed E-state index contributed by atoms with van der Waals surface area (Å²) in [5, 5.41) is 2.66. The van der Waals surface area contributed by atoms with Crippen LogP contribution in [0.4, 0.5) is 0 Å². The van der Waals surface area contributed by atoms with Crippen LogP contribution >= 0.6 is 0 Å². The van der Waals surface area contributed by atoms with Gasteiger partial charge in [-0.1, -0.05) is 26.7 Å². The van der Waals surface area contributed by atoms with Crippen LogP contribution in [0.2, 0.25) is 0 Å². The SMILES string of the molecule is [C-]#[N+]C(C)(CCC(=O)CCCOCCOCCOCCOCCOCCOCCOCCOCCOCCOCCOCCOCCOCCOCCOCCOCCOCCOCCOCCOCCOCCOCCOCCOCC(=O)CCCOCCOCC(=O)CCCCCCO[C@@H]1O[C@H](COC(C)=O)[C@H](OC(C)=O)[C@H](OC(C)=O)[C@H]1NC(C)=O)C(C)C. The zero-order valence-electron chi connectivity index (χ0n) is 77.4. The number of carbonyl (C=O) groups excluding carboxylic acids is 7. The molecule has 40 nitrogen and oxygen atoms in total. The van der Waals surface area contributed by atoms with Gasteiger partial charge in [0, 0.05) is 92.5 Å². The van der Waals surface area contributed by atoms with Gasteiger partial charge in [-0.15, -0.1) is 0 Å². The van der Waals surface area contributed by atoms with Crippen LogP contribution in [-0.2, 0) is 180 Å². The second-order valence-electron chi connectivity index (χ2n) is 29.0. The molecule has 1 aliphatic heterocycles. The Kier molecular flexibility index (Phi) is 86.9. The number of esters is 3. The normalized spacial score (nSPS) is 15.7. The predicted octanol–water partition coefficient (Wildman–Crippen LogP) is 4.42. The van der Waals surface area contributed by atoms with Crippen LogP contribution in [0.1, 0.15) is 119 Å². The summed E-state index contributed by atoms with van der Waals surface area (Å²) in [6.07, 6.45) is 1.42. The van der Waals surface area contributed by atoms with E-state index in [1.807, 2.05) is 20.8 Å². The number of nitrogens with one attached hydrogen (secondary N) is 1. The van der Waals surface area contributed by atoms with E-state index >= 15 is 0 Å². The van der Waals surface area contributed by atoms with Gasteiger partial charge in [0.05, 0.1) is 317 Å². The number of amides is 1. The van der Waals surface area contributed by atoms with Crippen molar-refractivity contribution in [2.24, 2.45) is 5.92 Å². The molecule has 127 heavy (non-hydrogen) atoms. The van der Waals surface area contributed by atoms with Crippen molar-refractivity contribution in [1.29, 1.82) is 0 Å². The molecule has 0 radical (unpaired) electrons. The molecule has 0 aromatic rings. The minimum absolute atomic E-state index is 0.0116. The molecule has 744 valence electrons. The van der Waals surface area contributed by atoms with Gasteiger partial charge in [-0.3, -0.25) is 33.6 Å². The summed E-state index contributed by atoms with van der Waals surface area (Å²) in [6, 6.07) is -1.04. The van der Waals surface area contributed by atoms with Crippen LogP contribution in [0.15, 0.2) is 0 Å². The molecule has 0 bridgehead atoms. The van der Waals surface area contributed by atoms with Crippen LogP contribution in [-0.4, -0.2) is 434 Å². The van der Waals surface area contributed by atoms with Crippen LogP contribution < -0.4 is 5.32 Å². The maximum Gasteiger partial charge on any atom is 0.303 e. The fourth-order valence-corrected chi connectivity index (χ4v) is 10.9. The number of rotatable bonds is 101. The Morgan fingerprint density at radius 2 is 0.559 bits per heavy atom. The summed E-state index contributed by atoms with van der Waals surface area (Å²) in [5.74, 6) is -2.16. The number of unbranched alkanes of at least 4 members (excludes halogenated alkanes) is 3. The summed E-state index contributed by atoms with van der Waals surface area (Å²) in [7, 11) is 0. The minimum Gasteiger partial charge on any atom is -0.463 e. The number of carbonyl (C=O) groups is 7. The fourth-order valence-electron chi connectivity index (χ4n) is 10.9. The van der Waals surface area contributed by atoms with Gasteiger partial charge in [0.1, 0.15) is 37.7 Å². The van der Waals surface area contributed by atoms with Crippen molar-refractivity contribution >= 4 is 41.2 Å². The lowest BCUT2D eigenvalue weighted by Crippen LogP contribution is -2.66. The predicted molar refractivity (Wildman–Crippen MR) is 457 cm³/mol. The fraction of sp³-hybridized carbons (Fsp3) is 0.908. The summed E-state index contributed by atoms with van der Waals surface area (Å²) in [4.78, 5) is 88.2. The lowest BCUT2D eigenvalue weighted by atomic mass is 9.84. The van der Waals surface area contributed by atoms with Crippen molar-refractivity contribution in [3.8, 4) is 0 Å². The molecule has 0 saturated carbocycles. The smallest absolute Gasteiger partial charge is 0.303 e. The number of hydrogen-bond donors (Lipinski definition) is 1. The standard InChI is InChI=1S/C87H158N2O38/c1-74(2)87(7,88-8)19-18-79(94)16-13-20-97-23-24-99-25-26-100-27-28-101-29-30-102-31-32-103-33-34-104-35-36-105-37-38-106-39-40-107-41-42-108-43-44-109-45-46-110-47-48-111-49-50-112-51-52-113-53-54-114-55-56-115-57-58-116-59-60-117-61-62-118-63-64-119-65-66-120-68-70-122-72-81(96)17-14-21-98-67-69-121-71-80(95)15-11-9-10-12-22-123-86-83(89-75(3)90)85(126-78(6)93)84(125-77(5)92)82(127-86)73-124-76(4)91/h74,82-86H,9-73H2,1-7H3,(H,89,90)/t82-,83-,84+,85-,86-,87?/m1/s1. The van der Waals surface area contributed by atoms with Gasteiger partial charge in [0.25, 0.3) is 0 Å². The number of ether oxygens (including phenoxy) is 31. The molecule has 40 heteroatoms. The topological polar surface area (TPSA) is 422 Å². The molecule has 0 aromatic heterocycles. The Morgan fingerprint density at radius 3 is 0.819 bits per heavy atom. The van der Waals surface area contributed by atoms with Gasteiger partial charge < -0.3 is 157 Å². The first-order valence-corrected chi connectivity index (χ1v) is 45.0. The molecule has 1 saturated heterocycles. The average Bonchev–Trinajstić information content (AvgIpc) is 0.785. The van der Waals surface area contributed by atoms with E-state index in [9.17, 15) is 33.6 Å². The molecular weight excluding hydrogens is 1680 g/mol. The quantitative estimate of drug-likeness (QED) is 0.0381. The monoisotopic (exact) mass is 1840 g/mol. The second kappa shape index (κ2) is 91.7. The Morgan fingerprint density at radius 1 is 0.307 bits per heavy atom. The maximum absolute atomic E-state index is 12.4. The van der Waals surface area contributed by atoms with Crippen LogP contribution in [0.5, 0.6) is 0 Å². The van der Waals surface area contributed by atoms with Crippen molar-refractivity contribution < 1.29 is 180 Å². The van der Waals surface area contributed by atoms with Crippen LogP contribution in [0.25, 0.3) is 4.85 Å². The van der Waals surface area contributed by atoms with E-state index in [2.05, 4.69) is 10.2 Å². The van der Waals surface area contributed by atoms with Crippen molar-refractivity contribution in [1.82, 2.24) is 5.32 Å². The summed E-state index contributed by atoms with van der Waals surface area (Å²) < 4.78 is 172. The molecule has 1 unspecified atom stereocenters. The van der Waals surface area contributed by atoms with Crippen molar-refractivity contribution in [3.63, 3.8) is 0 Å². The van der Waals surface area contributed by atoms with Crippen molar-refractivity contribution in [2.45, 2.75) is 155 Å². The molecule has 0 spiro atoms. The molecule has 1 N–H and O–H groups in total. The zero-order valence-corrected chi connectivity index (χ0v) is 77.4.